The summed E-state index contributed by atoms with van der Waals surface area (Å²) in [5, 5.41) is 3.87. The molecule has 1 aliphatic rings. The first-order valence-electron chi connectivity index (χ1n) is 17.5. The minimum atomic E-state index is 0.213. The van der Waals surface area contributed by atoms with Crippen LogP contribution in [0.25, 0.3) is 72.4 Å². The predicted octanol–water partition coefficient (Wildman–Crippen LogP) is 12.6. The summed E-state index contributed by atoms with van der Waals surface area (Å²) in [6.07, 6.45) is 5.65. The standard InChI is InChI=1S/C48H34N2/c1-3-17-33(18-4-1)49-43-29-13-11-25-41(43)47-39(27-15-31-45(47)49)37-23-9-7-21-35(37)36-22-8-10-24-38(36)40-28-16-32-46-48(40)42-26-12-14-30-44(42)50(46)34-19-5-2-6-20-34/h1-27,29-32,40H,28H2. The fourth-order valence-electron chi connectivity index (χ4n) is 8.48. The van der Waals surface area contributed by atoms with Gasteiger partial charge in [-0.05, 0) is 88.3 Å². The average molecular weight is 639 g/mol. The van der Waals surface area contributed by atoms with E-state index in [4.69, 9.17) is 0 Å². The van der Waals surface area contributed by atoms with E-state index in [1.807, 2.05) is 0 Å². The van der Waals surface area contributed by atoms with Crippen LogP contribution in [0.4, 0.5) is 0 Å². The van der Waals surface area contributed by atoms with E-state index in [0.717, 1.165) is 6.42 Å². The zero-order valence-corrected chi connectivity index (χ0v) is 27.6. The Morgan fingerprint density at radius 3 is 1.66 bits per heavy atom. The molecule has 9 aromatic rings. The van der Waals surface area contributed by atoms with Crippen LogP contribution in [0.1, 0.15) is 29.2 Å². The molecule has 1 atom stereocenters. The molecule has 2 aromatic heterocycles. The lowest BCUT2D eigenvalue weighted by molar-refractivity contribution is 0.821. The fraction of sp³-hybridized carbons (Fsp3) is 0.0417. The molecule has 2 heteroatoms. The molecule has 7 aromatic carbocycles. The minimum absolute atomic E-state index is 0.213. The molecule has 0 aliphatic heterocycles. The van der Waals surface area contributed by atoms with Gasteiger partial charge in [-0.15, -0.1) is 0 Å². The zero-order valence-electron chi connectivity index (χ0n) is 27.6. The summed E-state index contributed by atoms with van der Waals surface area (Å²) < 4.78 is 4.84. The maximum absolute atomic E-state index is 2.44. The first kappa shape index (κ1) is 28.6. The lowest BCUT2D eigenvalue weighted by atomic mass is 9.79. The average Bonchev–Trinajstić information content (AvgIpc) is 3.72. The van der Waals surface area contributed by atoms with Gasteiger partial charge in [-0.1, -0.05) is 140 Å². The third-order valence-electron chi connectivity index (χ3n) is 10.5. The predicted molar refractivity (Wildman–Crippen MR) is 210 cm³/mol. The van der Waals surface area contributed by atoms with E-state index in [1.165, 1.54) is 83.2 Å². The lowest BCUT2D eigenvalue weighted by Crippen LogP contribution is -2.08. The number of aromatic nitrogens is 2. The first-order valence-corrected chi connectivity index (χ1v) is 17.5. The van der Waals surface area contributed by atoms with Crippen LogP contribution in [0, 0.1) is 0 Å². The van der Waals surface area contributed by atoms with Crippen molar-refractivity contribution in [1.29, 1.82) is 0 Å². The Bertz CT molecular complexity index is 2730. The highest BCUT2D eigenvalue weighted by Crippen LogP contribution is 2.47. The van der Waals surface area contributed by atoms with E-state index in [-0.39, 0.29) is 5.92 Å². The number of benzene rings is 7. The molecule has 10 rings (SSSR count). The zero-order chi connectivity index (χ0) is 33.0. The molecule has 0 fully saturated rings. The van der Waals surface area contributed by atoms with E-state index in [9.17, 15) is 0 Å². The third kappa shape index (κ3) is 4.35. The monoisotopic (exact) mass is 638 g/mol. The van der Waals surface area contributed by atoms with Crippen molar-refractivity contribution in [2.45, 2.75) is 12.3 Å². The van der Waals surface area contributed by atoms with Crippen molar-refractivity contribution in [3.63, 3.8) is 0 Å². The Labute approximate surface area is 291 Å². The molecule has 1 unspecified atom stereocenters. The van der Waals surface area contributed by atoms with E-state index >= 15 is 0 Å². The molecule has 0 saturated heterocycles. The van der Waals surface area contributed by atoms with Crippen LogP contribution >= 0.6 is 0 Å². The smallest absolute Gasteiger partial charge is 0.0547 e. The Morgan fingerprint density at radius 1 is 0.400 bits per heavy atom. The van der Waals surface area contributed by atoms with Gasteiger partial charge in [0.25, 0.3) is 0 Å². The molecule has 2 heterocycles. The third-order valence-corrected chi connectivity index (χ3v) is 10.5. The summed E-state index contributed by atoms with van der Waals surface area (Å²) in [6.45, 7) is 0. The topological polar surface area (TPSA) is 9.86 Å². The second-order valence-corrected chi connectivity index (χ2v) is 13.2. The van der Waals surface area contributed by atoms with Crippen molar-refractivity contribution in [2.75, 3.05) is 0 Å². The van der Waals surface area contributed by atoms with Gasteiger partial charge < -0.3 is 9.13 Å². The van der Waals surface area contributed by atoms with Crippen molar-refractivity contribution in [3.05, 3.63) is 199 Å². The van der Waals surface area contributed by atoms with Crippen molar-refractivity contribution < 1.29 is 0 Å². The van der Waals surface area contributed by atoms with Crippen LogP contribution in [0.15, 0.2) is 182 Å². The van der Waals surface area contributed by atoms with Gasteiger partial charge in [0.05, 0.1) is 22.2 Å². The van der Waals surface area contributed by atoms with E-state index < -0.39 is 0 Å². The first-order chi connectivity index (χ1) is 24.9. The van der Waals surface area contributed by atoms with Crippen LogP contribution in [0.3, 0.4) is 0 Å². The second kappa shape index (κ2) is 11.6. The molecular weight excluding hydrogens is 605 g/mol. The van der Waals surface area contributed by atoms with Gasteiger partial charge in [-0.3, -0.25) is 0 Å². The Balaban J connectivity index is 1.20. The van der Waals surface area contributed by atoms with Crippen LogP contribution in [0.2, 0.25) is 0 Å². The van der Waals surface area contributed by atoms with Gasteiger partial charge >= 0.3 is 0 Å². The number of rotatable bonds is 5. The van der Waals surface area contributed by atoms with Crippen LogP contribution in [0.5, 0.6) is 0 Å². The quantitative estimate of drug-likeness (QED) is 0.178. The molecule has 2 nitrogen and oxygen atoms in total. The van der Waals surface area contributed by atoms with Gasteiger partial charge in [0.2, 0.25) is 0 Å². The Kier molecular flexibility index (Phi) is 6.67. The molecule has 0 amide bonds. The van der Waals surface area contributed by atoms with Gasteiger partial charge in [-0.25, -0.2) is 0 Å². The highest BCUT2D eigenvalue weighted by atomic mass is 15.0. The second-order valence-electron chi connectivity index (χ2n) is 13.2. The SMILES string of the molecule is C1=Cc2c(c3ccccc3n2-c2ccccc2)C(c2ccccc2-c2ccccc2-c2cccc3c2c2ccccc2n3-c2ccccc2)C1. The molecule has 0 N–H and O–H groups in total. The molecule has 50 heavy (non-hydrogen) atoms. The van der Waals surface area contributed by atoms with Gasteiger partial charge in [0, 0.05) is 33.5 Å². The highest BCUT2D eigenvalue weighted by Gasteiger charge is 2.29. The summed E-state index contributed by atoms with van der Waals surface area (Å²) >= 11 is 0. The van der Waals surface area contributed by atoms with E-state index in [2.05, 4.69) is 197 Å². The number of nitrogens with zero attached hydrogens (tertiary/aromatic N) is 2. The summed E-state index contributed by atoms with van der Waals surface area (Å²) in [7, 11) is 0. The van der Waals surface area contributed by atoms with Crippen LogP contribution < -0.4 is 0 Å². The molecule has 0 spiro atoms. The number of hydrogen-bond donors (Lipinski definition) is 0. The molecular formula is C48H34N2. The number of fused-ring (bicyclic) bond motifs is 6. The maximum Gasteiger partial charge on any atom is 0.0547 e. The maximum atomic E-state index is 2.44. The van der Waals surface area contributed by atoms with Crippen LogP contribution in [-0.4, -0.2) is 9.13 Å². The van der Waals surface area contributed by atoms with Crippen molar-refractivity contribution >= 4 is 38.8 Å². The summed E-state index contributed by atoms with van der Waals surface area (Å²) in [5.41, 5.74) is 15.1. The Hall–Kier alpha value is -6.38. The summed E-state index contributed by atoms with van der Waals surface area (Å²) in [6, 6.07) is 64.1. The molecule has 0 bridgehead atoms. The van der Waals surface area contributed by atoms with Gasteiger partial charge in [-0.2, -0.15) is 0 Å². The van der Waals surface area contributed by atoms with Crippen molar-refractivity contribution in [1.82, 2.24) is 9.13 Å². The number of hydrogen-bond acceptors (Lipinski definition) is 0. The number of para-hydroxylation sites is 4. The van der Waals surface area contributed by atoms with Crippen molar-refractivity contribution in [3.8, 4) is 33.6 Å². The molecule has 1 aliphatic carbocycles. The lowest BCUT2D eigenvalue weighted by Gasteiger charge is -2.25. The van der Waals surface area contributed by atoms with Gasteiger partial charge in [0.15, 0.2) is 0 Å². The van der Waals surface area contributed by atoms with E-state index in [1.54, 1.807) is 0 Å². The largest absolute Gasteiger partial charge is 0.310 e. The van der Waals surface area contributed by atoms with Crippen molar-refractivity contribution in [2.24, 2.45) is 0 Å². The molecule has 0 saturated carbocycles. The normalized spacial score (nSPS) is 14.0. The Morgan fingerprint density at radius 2 is 0.920 bits per heavy atom. The van der Waals surface area contributed by atoms with Gasteiger partial charge in [0.1, 0.15) is 0 Å². The molecule has 236 valence electrons. The summed E-state index contributed by atoms with van der Waals surface area (Å²) in [5.74, 6) is 0.213. The van der Waals surface area contributed by atoms with E-state index in [0.29, 0.717) is 0 Å². The van der Waals surface area contributed by atoms with Crippen LogP contribution in [-0.2, 0) is 0 Å². The summed E-state index contributed by atoms with van der Waals surface area (Å²) in [4.78, 5) is 0. The minimum Gasteiger partial charge on any atom is -0.310 e. The fourth-order valence-corrected chi connectivity index (χ4v) is 8.48. The number of allylic oxidation sites excluding steroid dienone is 1. The highest BCUT2D eigenvalue weighted by molar-refractivity contribution is 6.16. The molecule has 0 radical (unpaired) electrons.